The summed E-state index contributed by atoms with van der Waals surface area (Å²) in [6.07, 6.45) is 15.6. The second-order valence-electron chi connectivity index (χ2n) is 8.34. The van der Waals surface area contributed by atoms with Crippen LogP contribution in [0.5, 0.6) is 0 Å². The fraction of sp³-hybridized carbons (Fsp3) is 0.882. The second kappa shape index (κ2) is 3.76. The summed E-state index contributed by atoms with van der Waals surface area (Å²) in [6.45, 7) is 5.07. The van der Waals surface area contributed by atoms with Crippen molar-refractivity contribution in [2.75, 3.05) is 7.05 Å². The fourth-order valence-electron chi connectivity index (χ4n) is 6.59. The lowest BCUT2D eigenvalue weighted by Crippen LogP contribution is -2.56. The minimum atomic E-state index is 0.272. The van der Waals surface area contributed by atoms with Gasteiger partial charge in [-0.2, -0.15) is 0 Å². The highest BCUT2D eigenvalue weighted by Crippen LogP contribution is 2.70. The monoisotopic (exact) mass is 245 g/mol. The molecule has 0 spiro atoms. The zero-order valence-electron chi connectivity index (χ0n) is 12.2. The highest BCUT2D eigenvalue weighted by Gasteiger charge is 2.59. The lowest BCUT2D eigenvalue weighted by molar-refractivity contribution is -0.148. The lowest BCUT2D eigenvalue weighted by Gasteiger charge is -2.66. The van der Waals surface area contributed by atoms with E-state index in [9.17, 15) is 0 Å². The molecule has 1 heteroatoms. The van der Waals surface area contributed by atoms with Crippen molar-refractivity contribution in [2.24, 2.45) is 22.2 Å². The molecule has 4 saturated carbocycles. The van der Waals surface area contributed by atoms with E-state index in [0.717, 1.165) is 5.92 Å². The molecule has 1 nitrogen and oxygen atoms in total. The molecule has 4 fully saturated rings. The Kier molecular flexibility index (Phi) is 2.62. The van der Waals surface area contributed by atoms with Crippen molar-refractivity contribution in [3.8, 4) is 12.3 Å². The third-order valence-corrected chi connectivity index (χ3v) is 5.93. The van der Waals surface area contributed by atoms with Crippen LogP contribution in [0.2, 0.25) is 0 Å². The van der Waals surface area contributed by atoms with Gasteiger partial charge in [0, 0.05) is 0 Å². The molecule has 4 rings (SSSR count). The van der Waals surface area contributed by atoms with Crippen molar-refractivity contribution in [1.82, 2.24) is 5.32 Å². The molecule has 0 radical (unpaired) electrons. The Morgan fingerprint density at radius 3 is 2.22 bits per heavy atom. The third kappa shape index (κ3) is 1.90. The molecule has 4 aliphatic carbocycles. The average Bonchev–Trinajstić information content (AvgIpc) is 2.20. The van der Waals surface area contributed by atoms with Crippen molar-refractivity contribution in [1.29, 1.82) is 0 Å². The molecule has 0 aromatic heterocycles. The minimum absolute atomic E-state index is 0.272. The van der Waals surface area contributed by atoms with E-state index in [1.807, 2.05) is 7.05 Å². The number of hydrogen-bond acceptors (Lipinski definition) is 1. The molecule has 0 aromatic carbocycles. The Morgan fingerprint density at radius 1 is 1.17 bits per heavy atom. The van der Waals surface area contributed by atoms with Gasteiger partial charge < -0.3 is 5.32 Å². The SMILES string of the molecule is C#CC(CC12CC3CC(C)(CC(C)(C3)C1)C2)NC. The van der Waals surface area contributed by atoms with E-state index >= 15 is 0 Å². The molecule has 100 valence electrons. The first kappa shape index (κ1) is 12.5. The van der Waals surface area contributed by atoms with Crippen LogP contribution in [0.15, 0.2) is 0 Å². The summed E-state index contributed by atoms with van der Waals surface area (Å²) >= 11 is 0. The second-order valence-corrected chi connectivity index (χ2v) is 8.34. The van der Waals surface area contributed by atoms with Crippen LogP contribution in [0, 0.1) is 34.5 Å². The van der Waals surface area contributed by atoms with Crippen LogP contribution in [0.1, 0.15) is 58.8 Å². The van der Waals surface area contributed by atoms with E-state index in [0.29, 0.717) is 16.2 Å². The molecule has 18 heavy (non-hydrogen) atoms. The maximum Gasteiger partial charge on any atom is 0.0689 e. The molecule has 4 aliphatic rings. The van der Waals surface area contributed by atoms with Gasteiger partial charge in [-0.25, -0.2) is 0 Å². The maximum absolute atomic E-state index is 5.67. The zero-order chi connectivity index (χ0) is 13.0. The summed E-state index contributed by atoms with van der Waals surface area (Å²) in [4.78, 5) is 0. The highest BCUT2D eigenvalue weighted by molar-refractivity contribution is 5.13. The minimum Gasteiger partial charge on any atom is -0.307 e. The first-order valence-electron chi connectivity index (χ1n) is 7.53. The largest absolute Gasteiger partial charge is 0.307 e. The van der Waals surface area contributed by atoms with E-state index in [1.54, 1.807) is 0 Å². The number of rotatable bonds is 3. The van der Waals surface area contributed by atoms with Crippen molar-refractivity contribution in [3.63, 3.8) is 0 Å². The van der Waals surface area contributed by atoms with Gasteiger partial charge in [0.15, 0.2) is 0 Å². The Bertz CT molecular complexity index is 373. The number of nitrogens with one attached hydrogen (secondary N) is 1. The normalized spacial score (nSPS) is 51.1. The fourth-order valence-corrected chi connectivity index (χ4v) is 6.59. The van der Waals surface area contributed by atoms with Crippen LogP contribution in [-0.2, 0) is 0 Å². The van der Waals surface area contributed by atoms with Gasteiger partial charge in [0.1, 0.15) is 0 Å². The van der Waals surface area contributed by atoms with Crippen LogP contribution in [-0.4, -0.2) is 13.1 Å². The van der Waals surface area contributed by atoms with Gasteiger partial charge in [-0.3, -0.25) is 0 Å². The zero-order valence-corrected chi connectivity index (χ0v) is 12.2. The van der Waals surface area contributed by atoms with Gasteiger partial charge in [-0.1, -0.05) is 19.8 Å². The topological polar surface area (TPSA) is 12.0 Å². The first-order valence-corrected chi connectivity index (χ1v) is 7.53. The molecular weight excluding hydrogens is 218 g/mol. The summed E-state index contributed by atoms with van der Waals surface area (Å²) in [5, 5.41) is 3.32. The van der Waals surface area contributed by atoms with Crippen LogP contribution in [0.25, 0.3) is 0 Å². The lowest BCUT2D eigenvalue weighted by atomic mass is 9.39. The Labute approximate surface area is 112 Å². The summed E-state index contributed by atoms with van der Waals surface area (Å²) < 4.78 is 0. The van der Waals surface area contributed by atoms with Gasteiger partial charge in [-0.05, 0) is 74.2 Å². The molecular formula is C17H27N. The molecule has 4 bridgehead atoms. The van der Waals surface area contributed by atoms with E-state index in [2.05, 4.69) is 25.1 Å². The Balaban J connectivity index is 1.87. The van der Waals surface area contributed by atoms with Gasteiger partial charge in [0.2, 0.25) is 0 Å². The van der Waals surface area contributed by atoms with Gasteiger partial charge in [0.25, 0.3) is 0 Å². The molecule has 0 amide bonds. The van der Waals surface area contributed by atoms with E-state index in [1.165, 1.54) is 44.9 Å². The van der Waals surface area contributed by atoms with Crippen molar-refractivity contribution >= 4 is 0 Å². The summed E-state index contributed by atoms with van der Waals surface area (Å²) in [5.74, 6) is 3.92. The number of hydrogen-bond donors (Lipinski definition) is 1. The highest BCUT2D eigenvalue weighted by atomic mass is 14.9. The van der Waals surface area contributed by atoms with Gasteiger partial charge >= 0.3 is 0 Å². The Morgan fingerprint density at radius 2 is 1.78 bits per heavy atom. The predicted octanol–water partition coefficient (Wildman–Crippen LogP) is 3.59. The van der Waals surface area contributed by atoms with Crippen LogP contribution >= 0.6 is 0 Å². The van der Waals surface area contributed by atoms with E-state index in [-0.39, 0.29) is 6.04 Å². The molecule has 3 unspecified atom stereocenters. The summed E-state index contributed by atoms with van der Waals surface area (Å²) in [7, 11) is 2.01. The van der Waals surface area contributed by atoms with Crippen molar-refractivity contribution < 1.29 is 0 Å². The quantitative estimate of drug-likeness (QED) is 0.749. The van der Waals surface area contributed by atoms with Gasteiger partial charge in [-0.15, -0.1) is 6.42 Å². The van der Waals surface area contributed by atoms with E-state index < -0.39 is 0 Å². The number of terminal acetylenes is 1. The summed E-state index contributed by atoms with van der Waals surface area (Å²) in [6, 6.07) is 0.272. The van der Waals surface area contributed by atoms with Gasteiger partial charge in [0.05, 0.1) is 6.04 Å². The molecule has 0 aromatic rings. The molecule has 0 aliphatic heterocycles. The molecule has 0 heterocycles. The van der Waals surface area contributed by atoms with Crippen LogP contribution < -0.4 is 5.32 Å². The molecule has 0 saturated heterocycles. The predicted molar refractivity (Wildman–Crippen MR) is 76.1 cm³/mol. The van der Waals surface area contributed by atoms with Crippen molar-refractivity contribution in [3.05, 3.63) is 0 Å². The van der Waals surface area contributed by atoms with E-state index in [4.69, 9.17) is 6.42 Å². The van der Waals surface area contributed by atoms with Crippen molar-refractivity contribution in [2.45, 2.75) is 64.8 Å². The van der Waals surface area contributed by atoms with Crippen LogP contribution in [0.3, 0.4) is 0 Å². The Hall–Kier alpha value is -0.480. The first-order chi connectivity index (χ1) is 8.40. The van der Waals surface area contributed by atoms with Crippen LogP contribution in [0.4, 0.5) is 0 Å². The maximum atomic E-state index is 5.67. The molecule has 3 atom stereocenters. The average molecular weight is 245 g/mol. The third-order valence-electron chi connectivity index (χ3n) is 5.93. The standard InChI is InChI=1S/C17H27N/c1-5-14(18-4)9-17-8-13-6-15(2,11-17)10-16(3,7-13)12-17/h1,13-14,18H,6-12H2,2-4H3. The summed E-state index contributed by atoms with van der Waals surface area (Å²) in [5.41, 5.74) is 1.77. The smallest absolute Gasteiger partial charge is 0.0689 e. The molecule has 1 N–H and O–H groups in total.